The molecule has 2 aromatic heterocycles. The Morgan fingerprint density at radius 1 is 1.14 bits per heavy atom. The lowest BCUT2D eigenvalue weighted by Gasteiger charge is -2.20. The number of anilines is 1. The van der Waals surface area contributed by atoms with Crippen LogP contribution in [-0.2, 0) is 0 Å². The summed E-state index contributed by atoms with van der Waals surface area (Å²) >= 11 is 6.01. The summed E-state index contributed by atoms with van der Waals surface area (Å²) in [5, 5.41) is 17.7. The molecule has 0 radical (unpaired) electrons. The second-order valence-corrected chi connectivity index (χ2v) is 7.09. The standard InChI is InChI=1S/C22H19ClN4O2/c1-2-17(14-6-4-3-5-7-14)24-20-12-18(15-8-10-16(23)11-9-15)25-21-13-19(22(28)29)26-27(20)21/h3-13,17,24H,2H2,1H3,(H,28,29). The maximum absolute atomic E-state index is 11.4. The van der Waals surface area contributed by atoms with Gasteiger partial charge in [-0.3, -0.25) is 0 Å². The molecule has 0 saturated carbocycles. The molecule has 4 rings (SSSR count). The Morgan fingerprint density at radius 3 is 2.52 bits per heavy atom. The highest BCUT2D eigenvalue weighted by atomic mass is 35.5. The highest BCUT2D eigenvalue weighted by molar-refractivity contribution is 6.30. The van der Waals surface area contributed by atoms with Crippen molar-refractivity contribution < 1.29 is 9.90 Å². The number of carbonyl (C=O) groups is 1. The minimum Gasteiger partial charge on any atom is -0.476 e. The monoisotopic (exact) mass is 406 g/mol. The molecule has 0 aliphatic heterocycles. The van der Waals surface area contributed by atoms with Gasteiger partial charge in [-0.05, 0) is 24.1 Å². The Bertz CT molecular complexity index is 1160. The van der Waals surface area contributed by atoms with Crippen LogP contribution in [-0.4, -0.2) is 25.7 Å². The van der Waals surface area contributed by atoms with E-state index < -0.39 is 5.97 Å². The Kier molecular flexibility index (Phi) is 5.18. The number of halogens is 1. The lowest BCUT2D eigenvalue weighted by atomic mass is 10.0. The molecule has 0 spiro atoms. The molecule has 146 valence electrons. The Balaban J connectivity index is 1.83. The van der Waals surface area contributed by atoms with Gasteiger partial charge in [0, 0.05) is 22.7 Å². The molecule has 4 aromatic rings. The number of carboxylic acids is 1. The van der Waals surface area contributed by atoms with Crippen LogP contribution in [0.1, 0.15) is 35.4 Å². The second kappa shape index (κ2) is 7.93. The fourth-order valence-corrected chi connectivity index (χ4v) is 3.36. The zero-order chi connectivity index (χ0) is 20.4. The predicted octanol–water partition coefficient (Wildman–Crippen LogP) is 5.31. The Morgan fingerprint density at radius 2 is 1.86 bits per heavy atom. The quantitative estimate of drug-likeness (QED) is 0.453. The molecule has 2 heterocycles. The van der Waals surface area contributed by atoms with Crippen molar-refractivity contribution in [1.82, 2.24) is 14.6 Å². The van der Waals surface area contributed by atoms with Crippen LogP contribution in [0.3, 0.4) is 0 Å². The van der Waals surface area contributed by atoms with Crippen molar-refractivity contribution in [2.24, 2.45) is 0 Å². The Labute approximate surface area is 172 Å². The average Bonchev–Trinajstić information content (AvgIpc) is 3.18. The van der Waals surface area contributed by atoms with E-state index in [1.807, 2.05) is 36.4 Å². The first-order valence-electron chi connectivity index (χ1n) is 9.26. The minimum atomic E-state index is -1.09. The first kappa shape index (κ1) is 19.0. The van der Waals surface area contributed by atoms with Crippen molar-refractivity contribution >= 4 is 29.0 Å². The molecule has 2 aromatic carbocycles. The minimum absolute atomic E-state index is 0.0392. The molecule has 29 heavy (non-hydrogen) atoms. The third-order valence-electron chi connectivity index (χ3n) is 4.72. The van der Waals surface area contributed by atoms with E-state index in [0.717, 1.165) is 17.5 Å². The van der Waals surface area contributed by atoms with Crippen LogP contribution in [0.25, 0.3) is 16.9 Å². The molecule has 0 fully saturated rings. The number of hydrogen-bond acceptors (Lipinski definition) is 4. The number of hydrogen-bond donors (Lipinski definition) is 2. The number of rotatable bonds is 6. The third-order valence-corrected chi connectivity index (χ3v) is 4.97. The van der Waals surface area contributed by atoms with Gasteiger partial charge in [-0.15, -0.1) is 0 Å². The summed E-state index contributed by atoms with van der Waals surface area (Å²) in [7, 11) is 0. The van der Waals surface area contributed by atoms with Crippen LogP contribution in [0.5, 0.6) is 0 Å². The summed E-state index contributed by atoms with van der Waals surface area (Å²) in [6, 6.07) is 20.8. The van der Waals surface area contributed by atoms with Crippen molar-refractivity contribution in [3.8, 4) is 11.3 Å². The zero-order valence-corrected chi connectivity index (χ0v) is 16.5. The molecule has 0 bridgehead atoms. The molecule has 1 atom stereocenters. The van der Waals surface area contributed by atoms with Crippen LogP contribution in [0, 0.1) is 0 Å². The number of aromatic carboxylic acids is 1. The maximum atomic E-state index is 11.4. The summed E-state index contributed by atoms with van der Waals surface area (Å²) in [6.45, 7) is 2.09. The first-order chi connectivity index (χ1) is 14.0. The van der Waals surface area contributed by atoms with Gasteiger partial charge in [0.2, 0.25) is 0 Å². The van der Waals surface area contributed by atoms with Gasteiger partial charge in [-0.25, -0.2) is 9.78 Å². The number of nitrogens with zero attached hydrogens (tertiary/aromatic N) is 3. The van der Waals surface area contributed by atoms with E-state index in [2.05, 4.69) is 34.5 Å². The summed E-state index contributed by atoms with van der Waals surface area (Å²) in [5.41, 5.74) is 3.13. The number of aromatic nitrogens is 3. The van der Waals surface area contributed by atoms with Gasteiger partial charge in [0.1, 0.15) is 5.82 Å². The molecular formula is C22H19ClN4O2. The molecule has 6 nitrogen and oxygen atoms in total. The van der Waals surface area contributed by atoms with Crippen LogP contribution in [0.2, 0.25) is 5.02 Å². The fourth-order valence-electron chi connectivity index (χ4n) is 3.24. The van der Waals surface area contributed by atoms with E-state index in [1.54, 1.807) is 12.1 Å². The zero-order valence-electron chi connectivity index (χ0n) is 15.7. The van der Waals surface area contributed by atoms with Gasteiger partial charge >= 0.3 is 5.97 Å². The van der Waals surface area contributed by atoms with Crippen molar-refractivity contribution in [3.05, 3.63) is 83.0 Å². The number of fused-ring (bicyclic) bond motifs is 1. The van der Waals surface area contributed by atoms with Crippen LogP contribution >= 0.6 is 11.6 Å². The van der Waals surface area contributed by atoms with E-state index in [1.165, 1.54) is 10.6 Å². The normalized spacial score (nSPS) is 12.1. The van der Waals surface area contributed by atoms with E-state index in [4.69, 9.17) is 11.6 Å². The van der Waals surface area contributed by atoms with Gasteiger partial charge in [-0.2, -0.15) is 9.61 Å². The third kappa shape index (κ3) is 3.93. The van der Waals surface area contributed by atoms with Crippen molar-refractivity contribution in [1.29, 1.82) is 0 Å². The molecule has 2 N–H and O–H groups in total. The summed E-state index contributed by atoms with van der Waals surface area (Å²) in [6.07, 6.45) is 0.844. The number of benzene rings is 2. The van der Waals surface area contributed by atoms with Gasteiger partial charge in [0.15, 0.2) is 11.3 Å². The van der Waals surface area contributed by atoms with E-state index in [9.17, 15) is 9.90 Å². The molecular weight excluding hydrogens is 388 g/mol. The van der Waals surface area contributed by atoms with Crippen LogP contribution < -0.4 is 5.32 Å². The fraction of sp³-hybridized carbons (Fsp3) is 0.136. The predicted molar refractivity (Wildman–Crippen MR) is 113 cm³/mol. The first-order valence-corrected chi connectivity index (χ1v) is 9.64. The van der Waals surface area contributed by atoms with Crippen LogP contribution in [0.4, 0.5) is 5.82 Å². The molecule has 0 aliphatic carbocycles. The smallest absolute Gasteiger partial charge is 0.356 e. The SMILES string of the molecule is CCC(Nc1cc(-c2ccc(Cl)cc2)nc2cc(C(=O)O)nn12)c1ccccc1. The molecule has 7 heteroatoms. The van der Waals surface area contributed by atoms with Crippen LogP contribution in [0.15, 0.2) is 66.7 Å². The Hall–Kier alpha value is -3.38. The number of nitrogens with one attached hydrogen (secondary N) is 1. The lowest BCUT2D eigenvalue weighted by Crippen LogP contribution is -2.13. The van der Waals surface area contributed by atoms with Crippen molar-refractivity contribution in [3.63, 3.8) is 0 Å². The lowest BCUT2D eigenvalue weighted by molar-refractivity contribution is 0.0690. The highest BCUT2D eigenvalue weighted by Gasteiger charge is 2.17. The second-order valence-electron chi connectivity index (χ2n) is 6.65. The van der Waals surface area contributed by atoms with E-state index >= 15 is 0 Å². The summed E-state index contributed by atoms with van der Waals surface area (Å²) in [5.74, 6) is -0.423. The summed E-state index contributed by atoms with van der Waals surface area (Å²) in [4.78, 5) is 16.0. The van der Waals surface area contributed by atoms with Crippen molar-refractivity contribution in [2.45, 2.75) is 19.4 Å². The molecule has 0 amide bonds. The highest BCUT2D eigenvalue weighted by Crippen LogP contribution is 2.28. The van der Waals surface area contributed by atoms with Crippen molar-refractivity contribution in [2.75, 3.05) is 5.32 Å². The van der Waals surface area contributed by atoms with E-state index in [0.29, 0.717) is 22.2 Å². The molecule has 0 aliphatic rings. The largest absolute Gasteiger partial charge is 0.476 e. The maximum Gasteiger partial charge on any atom is 0.356 e. The number of carboxylic acid groups (broad SMARTS) is 1. The van der Waals surface area contributed by atoms with Gasteiger partial charge in [0.05, 0.1) is 11.7 Å². The van der Waals surface area contributed by atoms with Gasteiger partial charge in [-0.1, -0.05) is 61.0 Å². The molecule has 1 unspecified atom stereocenters. The van der Waals surface area contributed by atoms with Gasteiger partial charge in [0.25, 0.3) is 0 Å². The van der Waals surface area contributed by atoms with E-state index in [-0.39, 0.29) is 11.7 Å². The average molecular weight is 407 g/mol. The molecule has 0 saturated heterocycles. The topological polar surface area (TPSA) is 79.5 Å². The summed E-state index contributed by atoms with van der Waals surface area (Å²) < 4.78 is 1.54. The van der Waals surface area contributed by atoms with Gasteiger partial charge < -0.3 is 10.4 Å².